The Labute approximate surface area is 173 Å². The molecule has 9 heteroatoms. The molecule has 2 aliphatic rings. The van der Waals surface area contributed by atoms with Crippen molar-refractivity contribution in [1.29, 1.82) is 0 Å². The van der Waals surface area contributed by atoms with Crippen molar-refractivity contribution in [1.82, 2.24) is 9.21 Å². The van der Waals surface area contributed by atoms with Gasteiger partial charge in [0, 0.05) is 31.7 Å². The number of nitrogens with one attached hydrogen (secondary N) is 1. The zero-order chi connectivity index (χ0) is 21.0. The van der Waals surface area contributed by atoms with E-state index >= 15 is 0 Å². The van der Waals surface area contributed by atoms with Crippen molar-refractivity contribution < 1.29 is 13.3 Å². The first-order chi connectivity index (χ1) is 13.8. The minimum absolute atomic E-state index is 0.00315. The molecule has 1 atom stereocenters. The van der Waals surface area contributed by atoms with E-state index in [4.69, 9.17) is 0 Å². The molecule has 0 bridgehead atoms. The molecule has 0 amide bonds. The Kier molecular flexibility index (Phi) is 7.13. The highest BCUT2D eigenvalue weighted by atomic mass is 32.2. The highest BCUT2D eigenvalue weighted by Crippen LogP contribution is 2.30. The highest BCUT2D eigenvalue weighted by molar-refractivity contribution is 7.89. The first-order valence-corrected chi connectivity index (χ1v) is 12.0. The van der Waals surface area contributed by atoms with Crippen molar-refractivity contribution >= 4 is 21.4 Å². The van der Waals surface area contributed by atoms with Gasteiger partial charge >= 0.3 is 0 Å². The molecule has 1 unspecified atom stereocenters. The quantitative estimate of drug-likeness (QED) is 0.508. The van der Waals surface area contributed by atoms with Crippen LogP contribution in [0.4, 0.5) is 11.4 Å². The second kappa shape index (κ2) is 9.40. The molecule has 29 heavy (non-hydrogen) atoms. The molecule has 0 spiro atoms. The minimum Gasteiger partial charge on any atom is -0.378 e. The van der Waals surface area contributed by atoms with Gasteiger partial charge in [0.15, 0.2) is 0 Å². The van der Waals surface area contributed by atoms with E-state index in [2.05, 4.69) is 24.1 Å². The number of nitro groups is 1. The SMILES string of the molecule is CC(C)C(CNc1ccc(S(=O)(=O)N2CCCCC2)cc1[N+](=O)[O-])N1CCCC1. The second-order valence-electron chi connectivity index (χ2n) is 8.34. The van der Waals surface area contributed by atoms with Crippen LogP contribution in [0.25, 0.3) is 0 Å². The molecule has 2 aliphatic heterocycles. The lowest BCUT2D eigenvalue weighted by atomic mass is 10.0. The van der Waals surface area contributed by atoms with E-state index in [1.807, 2.05) is 0 Å². The van der Waals surface area contributed by atoms with Gasteiger partial charge in [0.1, 0.15) is 5.69 Å². The number of rotatable bonds is 8. The third-order valence-electron chi connectivity index (χ3n) is 6.00. The Morgan fingerprint density at radius 1 is 1.07 bits per heavy atom. The molecule has 2 saturated heterocycles. The van der Waals surface area contributed by atoms with E-state index in [1.165, 1.54) is 35.3 Å². The summed E-state index contributed by atoms with van der Waals surface area (Å²) in [6.07, 6.45) is 5.05. The number of benzene rings is 1. The van der Waals surface area contributed by atoms with E-state index in [9.17, 15) is 18.5 Å². The Balaban J connectivity index is 1.80. The van der Waals surface area contributed by atoms with Gasteiger partial charge in [-0.1, -0.05) is 20.3 Å². The summed E-state index contributed by atoms with van der Waals surface area (Å²) in [6.45, 7) is 7.97. The molecule has 162 valence electrons. The molecule has 3 rings (SSSR count). The number of anilines is 1. The van der Waals surface area contributed by atoms with Gasteiger partial charge in [-0.15, -0.1) is 0 Å². The summed E-state index contributed by atoms with van der Waals surface area (Å²) in [4.78, 5) is 13.6. The molecule has 8 nitrogen and oxygen atoms in total. The number of nitro benzene ring substituents is 1. The van der Waals surface area contributed by atoms with Gasteiger partial charge in [0.25, 0.3) is 5.69 Å². The van der Waals surface area contributed by atoms with Crippen LogP contribution in [-0.2, 0) is 10.0 Å². The molecule has 1 N–H and O–H groups in total. The van der Waals surface area contributed by atoms with Gasteiger partial charge in [-0.2, -0.15) is 4.31 Å². The fraction of sp³-hybridized carbons (Fsp3) is 0.700. The average molecular weight is 425 g/mol. The van der Waals surface area contributed by atoms with Crippen LogP contribution in [0.1, 0.15) is 46.0 Å². The van der Waals surface area contributed by atoms with E-state index in [0.717, 1.165) is 32.4 Å². The molecule has 1 aromatic carbocycles. The molecular formula is C20H32N4O4S. The average Bonchev–Trinajstić information content (AvgIpc) is 3.23. The highest BCUT2D eigenvalue weighted by Gasteiger charge is 2.29. The van der Waals surface area contributed by atoms with Crippen molar-refractivity contribution in [2.75, 3.05) is 38.0 Å². The fourth-order valence-electron chi connectivity index (χ4n) is 4.30. The molecule has 2 fully saturated rings. The molecule has 2 heterocycles. The Morgan fingerprint density at radius 2 is 1.69 bits per heavy atom. The lowest BCUT2D eigenvalue weighted by Crippen LogP contribution is -2.42. The summed E-state index contributed by atoms with van der Waals surface area (Å²) >= 11 is 0. The number of hydrogen-bond acceptors (Lipinski definition) is 6. The fourth-order valence-corrected chi connectivity index (χ4v) is 5.84. The van der Waals surface area contributed by atoms with Crippen LogP contribution in [0.15, 0.2) is 23.1 Å². The molecular weight excluding hydrogens is 392 g/mol. The molecule has 0 radical (unpaired) electrons. The minimum atomic E-state index is -3.70. The third-order valence-corrected chi connectivity index (χ3v) is 7.89. The van der Waals surface area contributed by atoms with Crippen LogP contribution >= 0.6 is 0 Å². The topological polar surface area (TPSA) is 95.8 Å². The zero-order valence-corrected chi connectivity index (χ0v) is 18.2. The normalized spacial score (nSPS) is 20.1. The van der Waals surface area contributed by atoms with Crippen LogP contribution in [0.2, 0.25) is 0 Å². The molecule has 0 saturated carbocycles. The maximum absolute atomic E-state index is 12.9. The Hall–Kier alpha value is -1.71. The van der Waals surface area contributed by atoms with Crippen LogP contribution in [0, 0.1) is 16.0 Å². The van der Waals surface area contributed by atoms with Crippen LogP contribution < -0.4 is 5.32 Å². The van der Waals surface area contributed by atoms with Gasteiger partial charge in [0.2, 0.25) is 10.0 Å². The van der Waals surface area contributed by atoms with Crippen molar-refractivity contribution in [3.05, 3.63) is 28.3 Å². The second-order valence-corrected chi connectivity index (χ2v) is 10.3. The van der Waals surface area contributed by atoms with Gasteiger partial charge in [-0.05, 0) is 56.8 Å². The van der Waals surface area contributed by atoms with E-state index < -0.39 is 14.9 Å². The third kappa shape index (κ3) is 5.07. The number of hydrogen-bond donors (Lipinski definition) is 1. The smallest absolute Gasteiger partial charge is 0.293 e. The van der Waals surface area contributed by atoms with Gasteiger partial charge in [0.05, 0.1) is 9.82 Å². The van der Waals surface area contributed by atoms with Crippen molar-refractivity contribution in [2.24, 2.45) is 5.92 Å². The summed E-state index contributed by atoms with van der Waals surface area (Å²) < 4.78 is 27.2. The lowest BCUT2D eigenvalue weighted by Gasteiger charge is -2.31. The van der Waals surface area contributed by atoms with Gasteiger partial charge in [-0.25, -0.2) is 8.42 Å². The van der Waals surface area contributed by atoms with Crippen LogP contribution in [0.5, 0.6) is 0 Å². The summed E-state index contributed by atoms with van der Waals surface area (Å²) in [7, 11) is -3.70. The predicted molar refractivity (Wildman–Crippen MR) is 114 cm³/mol. The Bertz CT molecular complexity index is 816. The summed E-state index contributed by atoms with van der Waals surface area (Å²) in [6, 6.07) is 4.51. The largest absolute Gasteiger partial charge is 0.378 e. The van der Waals surface area contributed by atoms with E-state index in [-0.39, 0.29) is 16.6 Å². The van der Waals surface area contributed by atoms with Gasteiger partial charge in [-0.3, -0.25) is 15.0 Å². The van der Waals surface area contributed by atoms with Crippen LogP contribution in [0.3, 0.4) is 0 Å². The summed E-state index contributed by atoms with van der Waals surface area (Å²) in [5, 5.41) is 14.9. The maximum atomic E-state index is 12.9. The number of likely N-dealkylation sites (tertiary alicyclic amines) is 1. The molecule has 0 aliphatic carbocycles. The first kappa shape index (κ1) is 22.0. The van der Waals surface area contributed by atoms with Crippen molar-refractivity contribution in [3.8, 4) is 0 Å². The predicted octanol–water partition coefficient (Wildman–Crippen LogP) is 3.30. The maximum Gasteiger partial charge on any atom is 0.293 e. The standard InChI is InChI=1S/C20H32N4O4S/c1-16(2)20(22-10-6-7-11-22)15-21-18-9-8-17(14-19(18)24(25)26)29(27,28)23-12-4-3-5-13-23/h8-9,14,16,20-21H,3-7,10-13,15H2,1-2H3. The summed E-state index contributed by atoms with van der Waals surface area (Å²) in [5.41, 5.74) is 0.185. The molecule has 1 aromatic rings. The monoisotopic (exact) mass is 424 g/mol. The zero-order valence-electron chi connectivity index (χ0n) is 17.3. The Morgan fingerprint density at radius 3 is 2.28 bits per heavy atom. The van der Waals surface area contributed by atoms with Crippen molar-refractivity contribution in [2.45, 2.75) is 56.9 Å². The number of sulfonamides is 1. The van der Waals surface area contributed by atoms with Gasteiger partial charge < -0.3 is 5.32 Å². The first-order valence-electron chi connectivity index (χ1n) is 10.6. The lowest BCUT2D eigenvalue weighted by molar-refractivity contribution is -0.384. The van der Waals surface area contributed by atoms with Crippen molar-refractivity contribution in [3.63, 3.8) is 0 Å². The number of piperidine rings is 1. The van der Waals surface area contributed by atoms with Crippen LogP contribution in [-0.4, -0.2) is 61.3 Å². The summed E-state index contributed by atoms with van der Waals surface area (Å²) in [5.74, 6) is 0.415. The van der Waals surface area contributed by atoms with E-state index in [0.29, 0.717) is 31.2 Å². The number of nitrogens with zero attached hydrogens (tertiary/aromatic N) is 3. The van der Waals surface area contributed by atoms with E-state index in [1.54, 1.807) is 0 Å². The molecule has 0 aromatic heterocycles.